The van der Waals surface area contributed by atoms with Gasteiger partial charge in [-0.05, 0) is 32.6 Å². The lowest BCUT2D eigenvalue weighted by Gasteiger charge is -2.48. The Morgan fingerprint density at radius 2 is 2.08 bits per heavy atom. The topological polar surface area (TPSA) is 63.3 Å². The molecule has 1 saturated carbocycles. The van der Waals surface area contributed by atoms with Crippen molar-refractivity contribution >= 4 is 5.97 Å². The first-order valence-electron chi connectivity index (χ1n) is 4.84. The normalized spacial score (nSPS) is 46.0. The molecular formula is C10H19NO2. The Hall–Kier alpha value is -0.570. The highest BCUT2D eigenvalue weighted by molar-refractivity contribution is 5.76. The van der Waals surface area contributed by atoms with Crippen LogP contribution in [0.1, 0.15) is 40.0 Å². The van der Waals surface area contributed by atoms with E-state index < -0.39 is 16.9 Å². The average Bonchev–Trinajstić information content (AvgIpc) is 2.00. The largest absolute Gasteiger partial charge is 0.481 e. The van der Waals surface area contributed by atoms with Crippen LogP contribution in [-0.2, 0) is 4.79 Å². The molecule has 0 saturated heterocycles. The molecule has 1 aliphatic carbocycles. The van der Waals surface area contributed by atoms with Crippen LogP contribution in [0.4, 0.5) is 0 Å². The summed E-state index contributed by atoms with van der Waals surface area (Å²) in [6.07, 6.45) is 2.70. The van der Waals surface area contributed by atoms with E-state index in [-0.39, 0.29) is 5.92 Å². The van der Waals surface area contributed by atoms with Gasteiger partial charge in [0, 0.05) is 5.54 Å². The number of nitrogens with two attached hydrogens (primary N) is 1. The zero-order valence-electron chi connectivity index (χ0n) is 8.63. The van der Waals surface area contributed by atoms with E-state index in [9.17, 15) is 9.90 Å². The Morgan fingerprint density at radius 1 is 1.54 bits per heavy atom. The van der Waals surface area contributed by atoms with Crippen molar-refractivity contribution in [3.05, 3.63) is 0 Å². The lowest BCUT2D eigenvalue weighted by atomic mass is 9.59. The number of aliphatic carboxylic acids is 1. The molecule has 3 nitrogen and oxygen atoms in total. The molecule has 3 unspecified atom stereocenters. The van der Waals surface area contributed by atoms with Crippen LogP contribution < -0.4 is 5.73 Å². The summed E-state index contributed by atoms with van der Waals surface area (Å²) >= 11 is 0. The Morgan fingerprint density at radius 3 is 2.46 bits per heavy atom. The maximum atomic E-state index is 11.2. The van der Waals surface area contributed by atoms with Gasteiger partial charge in [0.25, 0.3) is 0 Å². The summed E-state index contributed by atoms with van der Waals surface area (Å²) in [5, 5.41) is 9.17. The summed E-state index contributed by atoms with van der Waals surface area (Å²) in [4.78, 5) is 11.2. The van der Waals surface area contributed by atoms with Crippen LogP contribution in [0.5, 0.6) is 0 Å². The first-order chi connectivity index (χ1) is 5.82. The lowest BCUT2D eigenvalue weighted by molar-refractivity contribution is -0.156. The van der Waals surface area contributed by atoms with Crippen LogP contribution in [0.3, 0.4) is 0 Å². The highest BCUT2D eigenvalue weighted by Crippen LogP contribution is 2.45. The number of rotatable bonds is 1. The van der Waals surface area contributed by atoms with Crippen molar-refractivity contribution in [3.8, 4) is 0 Å². The molecular weight excluding hydrogens is 166 g/mol. The monoisotopic (exact) mass is 185 g/mol. The van der Waals surface area contributed by atoms with Gasteiger partial charge >= 0.3 is 5.97 Å². The van der Waals surface area contributed by atoms with Gasteiger partial charge in [0.05, 0.1) is 5.41 Å². The first-order valence-corrected chi connectivity index (χ1v) is 4.84. The summed E-state index contributed by atoms with van der Waals surface area (Å²) in [6.45, 7) is 5.68. The minimum atomic E-state index is -0.760. The van der Waals surface area contributed by atoms with E-state index in [0.717, 1.165) is 12.8 Å². The first kappa shape index (κ1) is 10.5. The van der Waals surface area contributed by atoms with Crippen molar-refractivity contribution in [2.75, 3.05) is 0 Å². The van der Waals surface area contributed by atoms with Crippen LogP contribution in [0.25, 0.3) is 0 Å². The highest BCUT2D eigenvalue weighted by atomic mass is 16.4. The van der Waals surface area contributed by atoms with Crippen molar-refractivity contribution in [1.82, 2.24) is 0 Å². The second kappa shape index (κ2) is 2.98. The molecule has 0 spiro atoms. The zero-order valence-corrected chi connectivity index (χ0v) is 8.63. The Kier molecular flexibility index (Phi) is 2.41. The number of hydrogen-bond donors (Lipinski definition) is 2. The Balaban J connectivity index is 3.02. The highest BCUT2D eigenvalue weighted by Gasteiger charge is 2.52. The van der Waals surface area contributed by atoms with E-state index in [1.807, 2.05) is 13.8 Å². The molecule has 1 aliphatic rings. The van der Waals surface area contributed by atoms with Crippen LogP contribution >= 0.6 is 0 Å². The van der Waals surface area contributed by atoms with Crippen molar-refractivity contribution in [1.29, 1.82) is 0 Å². The summed E-state index contributed by atoms with van der Waals surface area (Å²) in [7, 11) is 0. The molecule has 0 heterocycles. The molecule has 0 bridgehead atoms. The van der Waals surface area contributed by atoms with E-state index in [2.05, 4.69) is 0 Å². The lowest BCUT2D eigenvalue weighted by Crippen LogP contribution is -2.61. The summed E-state index contributed by atoms with van der Waals surface area (Å²) in [5.41, 5.74) is 4.77. The van der Waals surface area contributed by atoms with E-state index in [1.54, 1.807) is 6.92 Å². The van der Waals surface area contributed by atoms with Gasteiger partial charge in [-0.15, -0.1) is 0 Å². The van der Waals surface area contributed by atoms with Crippen molar-refractivity contribution < 1.29 is 9.90 Å². The second-order valence-corrected chi connectivity index (χ2v) is 4.71. The van der Waals surface area contributed by atoms with Crippen LogP contribution in [0.2, 0.25) is 0 Å². The smallest absolute Gasteiger partial charge is 0.311 e. The third-order valence-corrected chi connectivity index (χ3v) is 4.00. The predicted molar refractivity (Wildman–Crippen MR) is 51.4 cm³/mol. The van der Waals surface area contributed by atoms with Gasteiger partial charge in [0.2, 0.25) is 0 Å². The fraction of sp³-hybridized carbons (Fsp3) is 0.900. The Labute approximate surface area is 79.3 Å². The molecule has 13 heavy (non-hydrogen) atoms. The number of hydrogen-bond acceptors (Lipinski definition) is 2. The van der Waals surface area contributed by atoms with E-state index in [4.69, 9.17) is 5.73 Å². The van der Waals surface area contributed by atoms with Gasteiger partial charge in [-0.2, -0.15) is 0 Å². The van der Waals surface area contributed by atoms with E-state index in [0.29, 0.717) is 6.42 Å². The molecule has 3 heteroatoms. The third-order valence-electron chi connectivity index (χ3n) is 4.00. The molecule has 1 rings (SSSR count). The maximum Gasteiger partial charge on any atom is 0.311 e. The molecule has 76 valence electrons. The van der Waals surface area contributed by atoms with Crippen molar-refractivity contribution in [2.24, 2.45) is 17.1 Å². The third kappa shape index (κ3) is 1.35. The maximum absolute atomic E-state index is 11.2. The van der Waals surface area contributed by atoms with Gasteiger partial charge in [-0.1, -0.05) is 13.3 Å². The molecule has 0 amide bonds. The fourth-order valence-corrected chi connectivity index (χ4v) is 2.21. The molecule has 3 N–H and O–H groups in total. The molecule has 1 fully saturated rings. The molecule has 0 radical (unpaired) electrons. The summed E-state index contributed by atoms with van der Waals surface area (Å²) < 4.78 is 0. The van der Waals surface area contributed by atoms with Crippen LogP contribution in [-0.4, -0.2) is 16.6 Å². The average molecular weight is 185 g/mol. The Bertz CT molecular complexity index is 225. The molecule has 0 aromatic carbocycles. The summed E-state index contributed by atoms with van der Waals surface area (Å²) in [5.74, 6) is -0.480. The summed E-state index contributed by atoms with van der Waals surface area (Å²) in [6, 6.07) is 0. The minimum absolute atomic E-state index is 0.280. The zero-order chi connectivity index (χ0) is 10.3. The number of carboxylic acids is 1. The number of carboxylic acid groups (broad SMARTS) is 1. The standard InChI is InChI=1S/C10H19NO2/c1-7-5-4-6-9(2,8(12)13)10(7,3)11/h7H,4-6,11H2,1-3H3,(H,12,13). The van der Waals surface area contributed by atoms with Crippen LogP contribution in [0.15, 0.2) is 0 Å². The van der Waals surface area contributed by atoms with Gasteiger partial charge in [-0.3, -0.25) is 4.79 Å². The predicted octanol–water partition coefficient (Wildman–Crippen LogP) is 1.61. The van der Waals surface area contributed by atoms with Gasteiger partial charge < -0.3 is 10.8 Å². The SMILES string of the molecule is CC1CCCC(C)(C(=O)O)C1(C)N. The fourth-order valence-electron chi connectivity index (χ4n) is 2.21. The van der Waals surface area contributed by atoms with E-state index >= 15 is 0 Å². The quantitative estimate of drug-likeness (QED) is 0.652. The molecule has 0 aromatic heterocycles. The van der Waals surface area contributed by atoms with Gasteiger partial charge in [0.1, 0.15) is 0 Å². The molecule has 3 atom stereocenters. The van der Waals surface area contributed by atoms with Gasteiger partial charge in [-0.25, -0.2) is 0 Å². The van der Waals surface area contributed by atoms with Crippen molar-refractivity contribution in [3.63, 3.8) is 0 Å². The molecule has 0 aliphatic heterocycles. The number of carbonyl (C=O) groups is 1. The minimum Gasteiger partial charge on any atom is -0.481 e. The second-order valence-electron chi connectivity index (χ2n) is 4.71. The van der Waals surface area contributed by atoms with Crippen molar-refractivity contribution in [2.45, 2.75) is 45.6 Å². The van der Waals surface area contributed by atoms with E-state index in [1.165, 1.54) is 0 Å². The molecule has 0 aromatic rings. The van der Waals surface area contributed by atoms with Gasteiger partial charge in [0.15, 0.2) is 0 Å². The van der Waals surface area contributed by atoms with Crippen LogP contribution in [0, 0.1) is 11.3 Å².